The van der Waals surface area contributed by atoms with Crippen LogP contribution in [0.25, 0.3) is 0 Å². The largest absolute Gasteiger partial charge is 0.368 e. The number of amides is 1. The first kappa shape index (κ1) is 21.7. The maximum atomic E-state index is 13.1. The molecule has 4 rings (SSSR count). The number of nitrogens with zero attached hydrogens (tertiary/aromatic N) is 3. The van der Waals surface area contributed by atoms with E-state index in [-0.39, 0.29) is 24.2 Å². The molecular formula is C20H23BrFN3O3S2. The summed E-state index contributed by atoms with van der Waals surface area (Å²) >= 11 is 4.50. The highest BCUT2D eigenvalue weighted by Crippen LogP contribution is 2.31. The van der Waals surface area contributed by atoms with Crippen molar-refractivity contribution >= 4 is 48.9 Å². The number of carbonyl (C=O) groups excluding carboxylic acids is 1. The fourth-order valence-corrected chi connectivity index (χ4v) is 7.71. The molecule has 0 bridgehead atoms. The lowest BCUT2D eigenvalue weighted by atomic mass is 9.97. The molecule has 0 aliphatic carbocycles. The van der Waals surface area contributed by atoms with Gasteiger partial charge in [0.1, 0.15) is 10.0 Å². The Morgan fingerprint density at radius 3 is 2.37 bits per heavy atom. The van der Waals surface area contributed by atoms with Gasteiger partial charge in [0.05, 0.1) is 9.70 Å². The van der Waals surface area contributed by atoms with E-state index in [4.69, 9.17) is 0 Å². The van der Waals surface area contributed by atoms with E-state index in [0.717, 1.165) is 9.47 Å². The average Bonchev–Trinajstić information content (AvgIpc) is 3.21. The Balaban J connectivity index is 1.37. The third kappa shape index (κ3) is 4.56. The molecule has 10 heteroatoms. The van der Waals surface area contributed by atoms with Gasteiger partial charge in [-0.3, -0.25) is 4.79 Å². The van der Waals surface area contributed by atoms with Gasteiger partial charge >= 0.3 is 0 Å². The summed E-state index contributed by atoms with van der Waals surface area (Å²) in [7, 11) is -3.57. The molecule has 0 N–H and O–H groups in total. The van der Waals surface area contributed by atoms with E-state index in [1.165, 1.54) is 27.8 Å². The lowest BCUT2D eigenvalue weighted by Crippen LogP contribution is -2.53. The van der Waals surface area contributed by atoms with Crippen LogP contribution in [0.4, 0.5) is 10.1 Å². The minimum absolute atomic E-state index is 0.0287. The van der Waals surface area contributed by atoms with E-state index in [1.807, 2.05) is 4.90 Å². The highest BCUT2D eigenvalue weighted by atomic mass is 79.9. The summed E-state index contributed by atoms with van der Waals surface area (Å²) in [5.41, 5.74) is 0.945. The monoisotopic (exact) mass is 515 g/mol. The van der Waals surface area contributed by atoms with Crippen LogP contribution in [0.15, 0.2) is 44.4 Å². The Bertz CT molecular complexity index is 1000. The predicted molar refractivity (Wildman–Crippen MR) is 119 cm³/mol. The topological polar surface area (TPSA) is 60.9 Å². The normalized spacial score (nSPS) is 21.1. The predicted octanol–water partition coefficient (Wildman–Crippen LogP) is 3.40. The molecule has 30 heavy (non-hydrogen) atoms. The van der Waals surface area contributed by atoms with Crippen molar-refractivity contribution in [2.75, 3.05) is 44.2 Å². The fraction of sp³-hybridized carbons (Fsp3) is 0.450. The first-order valence-electron chi connectivity index (χ1n) is 9.89. The van der Waals surface area contributed by atoms with E-state index >= 15 is 0 Å². The zero-order valence-electron chi connectivity index (χ0n) is 16.3. The van der Waals surface area contributed by atoms with Gasteiger partial charge in [-0.2, -0.15) is 4.31 Å². The first-order chi connectivity index (χ1) is 14.3. The van der Waals surface area contributed by atoms with Gasteiger partial charge in [0, 0.05) is 45.0 Å². The molecule has 1 aromatic heterocycles. The summed E-state index contributed by atoms with van der Waals surface area (Å²) in [6.45, 7) is 3.19. The molecule has 1 amide bonds. The lowest BCUT2D eigenvalue weighted by molar-refractivity contribution is -0.137. The summed E-state index contributed by atoms with van der Waals surface area (Å²) in [5, 5.41) is 0. The minimum Gasteiger partial charge on any atom is -0.368 e. The van der Waals surface area contributed by atoms with Crippen LogP contribution in [-0.4, -0.2) is 62.8 Å². The van der Waals surface area contributed by atoms with Gasteiger partial charge < -0.3 is 9.80 Å². The quantitative estimate of drug-likeness (QED) is 0.625. The number of hydrogen-bond acceptors (Lipinski definition) is 5. The van der Waals surface area contributed by atoms with Crippen molar-refractivity contribution in [2.24, 2.45) is 5.92 Å². The van der Waals surface area contributed by atoms with Crippen molar-refractivity contribution in [1.82, 2.24) is 9.21 Å². The number of piperazine rings is 1. The Hall–Kier alpha value is -1.49. The van der Waals surface area contributed by atoms with Crippen molar-refractivity contribution in [2.45, 2.75) is 17.1 Å². The number of rotatable bonds is 4. The second-order valence-electron chi connectivity index (χ2n) is 7.55. The van der Waals surface area contributed by atoms with Crippen LogP contribution in [0.2, 0.25) is 0 Å². The molecule has 2 aromatic rings. The van der Waals surface area contributed by atoms with Gasteiger partial charge in [-0.1, -0.05) is 0 Å². The average molecular weight is 516 g/mol. The zero-order valence-corrected chi connectivity index (χ0v) is 19.6. The van der Waals surface area contributed by atoms with E-state index in [2.05, 4.69) is 20.8 Å². The number of sulfonamides is 1. The van der Waals surface area contributed by atoms with E-state index in [1.54, 1.807) is 24.3 Å². The number of carbonyl (C=O) groups is 1. The molecular weight excluding hydrogens is 493 g/mol. The SMILES string of the molecule is O=C([C@@H]1CCCN(S(=O)(=O)c2ccc(Br)s2)C1)N1CCN(c2ccc(F)cc2)CC1. The van der Waals surface area contributed by atoms with Crippen molar-refractivity contribution in [3.63, 3.8) is 0 Å². The molecule has 2 fully saturated rings. The van der Waals surface area contributed by atoms with Crippen molar-refractivity contribution in [3.8, 4) is 0 Å². The molecule has 162 valence electrons. The van der Waals surface area contributed by atoms with Crippen molar-refractivity contribution in [3.05, 3.63) is 46.0 Å². The van der Waals surface area contributed by atoms with Crippen LogP contribution >= 0.6 is 27.3 Å². The third-order valence-electron chi connectivity index (χ3n) is 5.66. The van der Waals surface area contributed by atoms with Crippen molar-refractivity contribution in [1.29, 1.82) is 0 Å². The zero-order chi connectivity index (χ0) is 21.3. The molecule has 1 atom stereocenters. The third-order valence-corrected chi connectivity index (χ3v) is 9.62. The Labute approximate surface area is 188 Å². The molecule has 0 unspecified atom stereocenters. The van der Waals surface area contributed by atoms with Gasteiger partial charge in [0.25, 0.3) is 10.0 Å². The summed E-state index contributed by atoms with van der Waals surface area (Å²) in [4.78, 5) is 17.1. The van der Waals surface area contributed by atoms with Gasteiger partial charge in [-0.15, -0.1) is 11.3 Å². The highest BCUT2D eigenvalue weighted by Gasteiger charge is 2.36. The Morgan fingerprint density at radius 2 is 1.73 bits per heavy atom. The van der Waals surface area contributed by atoms with Crippen LogP contribution in [0.3, 0.4) is 0 Å². The number of hydrogen-bond donors (Lipinski definition) is 0. The van der Waals surface area contributed by atoms with Crippen LogP contribution < -0.4 is 4.90 Å². The number of halogens is 2. The molecule has 2 aliphatic rings. The van der Waals surface area contributed by atoms with Gasteiger partial charge in [0.15, 0.2) is 0 Å². The molecule has 0 spiro atoms. The van der Waals surface area contributed by atoms with Crippen LogP contribution in [0.5, 0.6) is 0 Å². The number of benzene rings is 1. The lowest BCUT2D eigenvalue weighted by Gasteiger charge is -2.39. The molecule has 0 saturated carbocycles. The first-order valence-corrected chi connectivity index (χ1v) is 12.9. The maximum absolute atomic E-state index is 13.1. The maximum Gasteiger partial charge on any atom is 0.252 e. The smallest absolute Gasteiger partial charge is 0.252 e. The second kappa shape index (κ2) is 8.94. The standard InChI is InChI=1S/C20H23BrFN3O3S2/c21-18-7-8-19(29-18)30(27,28)25-9-1-2-15(14-25)20(26)24-12-10-23(11-13-24)17-5-3-16(22)4-6-17/h3-8,15H,1-2,9-14H2/t15-/m1/s1. The minimum atomic E-state index is -3.57. The van der Waals surface area contributed by atoms with Crippen molar-refractivity contribution < 1.29 is 17.6 Å². The summed E-state index contributed by atoms with van der Waals surface area (Å²) in [6, 6.07) is 9.71. The molecule has 1 aromatic carbocycles. The fourth-order valence-electron chi connectivity index (χ4n) is 4.02. The second-order valence-corrected chi connectivity index (χ2v) is 12.2. The molecule has 6 nitrogen and oxygen atoms in total. The van der Waals surface area contributed by atoms with E-state index < -0.39 is 10.0 Å². The molecule has 3 heterocycles. The number of piperidine rings is 1. The van der Waals surface area contributed by atoms with Crippen LogP contribution in [-0.2, 0) is 14.8 Å². The summed E-state index contributed by atoms with van der Waals surface area (Å²) in [6.07, 6.45) is 1.38. The van der Waals surface area contributed by atoms with E-state index in [9.17, 15) is 17.6 Å². The Kier molecular flexibility index (Phi) is 6.47. The molecule has 2 aliphatic heterocycles. The number of thiophene rings is 1. The summed E-state index contributed by atoms with van der Waals surface area (Å²) < 4.78 is 41.5. The number of anilines is 1. The van der Waals surface area contributed by atoms with E-state index in [0.29, 0.717) is 49.8 Å². The van der Waals surface area contributed by atoms with Gasteiger partial charge in [0.2, 0.25) is 5.91 Å². The Morgan fingerprint density at radius 1 is 1.03 bits per heavy atom. The molecule has 0 radical (unpaired) electrons. The van der Waals surface area contributed by atoms with Gasteiger partial charge in [-0.05, 0) is 65.2 Å². The van der Waals surface area contributed by atoms with Crippen LogP contribution in [0.1, 0.15) is 12.8 Å². The van der Waals surface area contributed by atoms with Crippen LogP contribution in [0, 0.1) is 11.7 Å². The highest BCUT2D eigenvalue weighted by molar-refractivity contribution is 9.11. The van der Waals surface area contributed by atoms with Gasteiger partial charge in [-0.25, -0.2) is 12.8 Å². The summed E-state index contributed by atoms with van der Waals surface area (Å²) in [5.74, 6) is -0.547. The molecule has 2 saturated heterocycles.